The van der Waals surface area contributed by atoms with Crippen LogP contribution in [0.3, 0.4) is 0 Å². The third-order valence-corrected chi connectivity index (χ3v) is 1.54. The van der Waals surface area contributed by atoms with E-state index in [4.69, 9.17) is 0 Å². The van der Waals surface area contributed by atoms with Gasteiger partial charge in [-0.15, -0.1) is 0 Å². The maximum atomic E-state index is 10.5. The van der Waals surface area contributed by atoms with Crippen LogP contribution in [0.1, 0.15) is 22.8 Å². The molecule has 0 radical (unpaired) electrons. The molecule has 0 fully saturated rings. The molecule has 0 unspecified atom stereocenters. The zero-order chi connectivity index (χ0) is 8.81. The fraction of sp³-hybridized carbons (Fsp3) is 0.200. The number of carbonyl (C=O) groups is 1. The summed E-state index contributed by atoms with van der Waals surface area (Å²) in [5.74, 6) is 0. The number of carbonyl (C=O) groups excluding carboxylic acids is 1. The maximum absolute atomic E-state index is 10.5. The molecule has 12 heavy (non-hydrogen) atoms. The molecule has 1 aromatic rings. The number of hydrogen-bond acceptors (Lipinski definition) is 2. The third-order valence-electron chi connectivity index (χ3n) is 1.54. The Morgan fingerprint density at radius 1 is 1.33 bits per heavy atom. The lowest BCUT2D eigenvalue weighted by molar-refractivity contribution is 0.112. The molecular formula is C10H11NO. The largest absolute Gasteiger partial charge is 0.298 e. The molecule has 0 aromatic heterocycles. The highest BCUT2D eigenvalue weighted by molar-refractivity contribution is 5.92. The van der Waals surface area contributed by atoms with E-state index in [1.54, 1.807) is 12.3 Å². The van der Waals surface area contributed by atoms with E-state index in [0.717, 1.165) is 18.4 Å². The monoisotopic (exact) mass is 161 g/mol. The van der Waals surface area contributed by atoms with E-state index in [9.17, 15) is 4.79 Å². The summed E-state index contributed by atoms with van der Waals surface area (Å²) in [4.78, 5) is 14.6. The Balaban J connectivity index is 2.96. The van der Waals surface area contributed by atoms with Gasteiger partial charge in [0.15, 0.2) is 6.29 Å². The number of benzene rings is 1. The standard InChI is InChI=1S/C10H11NO/c1-2-11-7-9-5-3-4-6-10(9)8-12/h3-8H,2H2,1H3. The van der Waals surface area contributed by atoms with Gasteiger partial charge < -0.3 is 0 Å². The Morgan fingerprint density at radius 3 is 2.58 bits per heavy atom. The molecule has 0 amide bonds. The van der Waals surface area contributed by atoms with Crippen molar-refractivity contribution >= 4 is 12.5 Å². The molecule has 0 aliphatic rings. The van der Waals surface area contributed by atoms with Crippen LogP contribution in [-0.2, 0) is 0 Å². The van der Waals surface area contributed by atoms with E-state index in [0.29, 0.717) is 5.56 Å². The van der Waals surface area contributed by atoms with Gasteiger partial charge in [-0.05, 0) is 6.92 Å². The molecule has 1 aromatic carbocycles. The van der Waals surface area contributed by atoms with Crippen LogP contribution in [0.15, 0.2) is 29.3 Å². The van der Waals surface area contributed by atoms with E-state index >= 15 is 0 Å². The minimum Gasteiger partial charge on any atom is -0.298 e. The number of aliphatic imine (C=N–C) groups is 1. The number of nitrogens with zero attached hydrogens (tertiary/aromatic N) is 1. The summed E-state index contributed by atoms with van der Waals surface area (Å²) in [5.41, 5.74) is 1.57. The van der Waals surface area contributed by atoms with Crippen LogP contribution in [0, 0.1) is 0 Å². The second-order valence-corrected chi connectivity index (χ2v) is 2.37. The quantitative estimate of drug-likeness (QED) is 0.492. The lowest BCUT2D eigenvalue weighted by atomic mass is 10.1. The molecule has 0 heterocycles. The summed E-state index contributed by atoms with van der Waals surface area (Å²) in [6.07, 6.45) is 2.57. The average molecular weight is 161 g/mol. The van der Waals surface area contributed by atoms with E-state index in [1.807, 2.05) is 25.1 Å². The summed E-state index contributed by atoms with van der Waals surface area (Å²) < 4.78 is 0. The minimum atomic E-state index is 0.690. The van der Waals surface area contributed by atoms with Gasteiger partial charge >= 0.3 is 0 Å². The predicted molar refractivity (Wildman–Crippen MR) is 50.0 cm³/mol. The first-order chi connectivity index (χ1) is 5.88. The normalized spacial score (nSPS) is 10.4. The molecule has 1 rings (SSSR count). The van der Waals surface area contributed by atoms with Crippen LogP contribution < -0.4 is 0 Å². The van der Waals surface area contributed by atoms with Crippen molar-refractivity contribution in [3.05, 3.63) is 35.4 Å². The minimum absolute atomic E-state index is 0.690. The summed E-state index contributed by atoms with van der Waals surface area (Å²) in [5, 5.41) is 0. The van der Waals surface area contributed by atoms with Crippen molar-refractivity contribution in [1.82, 2.24) is 0 Å². The van der Waals surface area contributed by atoms with Gasteiger partial charge in [0.1, 0.15) is 0 Å². The SMILES string of the molecule is CCN=Cc1ccccc1C=O. The summed E-state index contributed by atoms with van der Waals surface area (Å²) in [6.45, 7) is 2.70. The van der Waals surface area contributed by atoms with Gasteiger partial charge in [0.2, 0.25) is 0 Å². The third kappa shape index (κ3) is 2.02. The van der Waals surface area contributed by atoms with Crippen LogP contribution in [0.25, 0.3) is 0 Å². The van der Waals surface area contributed by atoms with Crippen molar-refractivity contribution in [3.63, 3.8) is 0 Å². The van der Waals surface area contributed by atoms with E-state index < -0.39 is 0 Å². The van der Waals surface area contributed by atoms with Crippen LogP contribution in [0.5, 0.6) is 0 Å². The molecular weight excluding hydrogens is 150 g/mol. The Labute approximate surface area is 71.9 Å². The summed E-state index contributed by atoms with van der Waals surface area (Å²) in [6, 6.07) is 7.39. The van der Waals surface area contributed by atoms with Gasteiger partial charge in [-0.2, -0.15) is 0 Å². The maximum Gasteiger partial charge on any atom is 0.150 e. The fourth-order valence-electron chi connectivity index (χ4n) is 0.925. The molecule has 0 spiro atoms. The molecule has 0 saturated carbocycles. The Hall–Kier alpha value is -1.44. The molecule has 0 aliphatic heterocycles. The molecule has 0 saturated heterocycles. The molecule has 0 N–H and O–H groups in total. The molecule has 2 nitrogen and oxygen atoms in total. The van der Waals surface area contributed by atoms with Crippen molar-refractivity contribution in [2.45, 2.75) is 6.92 Å². The topological polar surface area (TPSA) is 29.4 Å². The number of rotatable bonds is 3. The first-order valence-electron chi connectivity index (χ1n) is 3.92. The zero-order valence-corrected chi connectivity index (χ0v) is 7.03. The van der Waals surface area contributed by atoms with Gasteiger partial charge in [0.25, 0.3) is 0 Å². The van der Waals surface area contributed by atoms with Crippen molar-refractivity contribution in [1.29, 1.82) is 0 Å². The van der Waals surface area contributed by atoms with Gasteiger partial charge in [-0.3, -0.25) is 9.79 Å². The average Bonchev–Trinajstić information content (AvgIpc) is 2.15. The zero-order valence-electron chi connectivity index (χ0n) is 7.03. The van der Waals surface area contributed by atoms with Crippen LogP contribution in [0.4, 0.5) is 0 Å². The van der Waals surface area contributed by atoms with Crippen LogP contribution in [0.2, 0.25) is 0 Å². The highest BCUT2D eigenvalue weighted by atomic mass is 16.1. The number of hydrogen-bond donors (Lipinski definition) is 0. The second kappa shape index (κ2) is 4.44. The van der Waals surface area contributed by atoms with Crippen molar-refractivity contribution < 1.29 is 4.79 Å². The number of aldehydes is 1. The smallest absolute Gasteiger partial charge is 0.150 e. The highest BCUT2D eigenvalue weighted by Gasteiger charge is 1.94. The van der Waals surface area contributed by atoms with Gasteiger partial charge in [-0.25, -0.2) is 0 Å². The molecule has 62 valence electrons. The van der Waals surface area contributed by atoms with E-state index in [2.05, 4.69) is 4.99 Å². The van der Waals surface area contributed by atoms with Gasteiger partial charge in [0, 0.05) is 23.9 Å². The highest BCUT2D eigenvalue weighted by Crippen LogP contribution is 2.02. The van der Waals surface area contributed by atoms with Crippen molar-refractivity contribution in [2.75, 3.05) is 6.54 Å². The lowest BCUT2D eigenvalue weighted by Crippen LogP contribution is -1.90. The molecule has 0 aliphatic carbocycles. The van der Waals surface area contributed by atoms with E-state index in [1.165, 1.54) is 0 Å². The van der Waals surface area contributed by atoms with Crippen LogP contribution in [-0.4, -0.2) is 19.0 Å². The first kappa shape index (κ1) is 8.65. The van der Waals surface area contributed by atoms with Gasteiger partial charge in [0.05, 0.1) is 0 Å². The molecule has 2 heteroatoms. The molecule has 0 bridgehead atoms. The van der Waals surface area contributed by atoms with Crippen LogP contribution >= 0.6 is 0 Å². The lowest BCUT2D eigenvalue weighted by Gasteiger charge is -1.95. The Kier molecular flexibility index (Phi) is 3.20. The molecule has 0 atom stereocenters. The Bertz CT molecular complexity index is 292. The predicted octanol–water partition coefficient (Wildman–Crippen LogP) is 1.94. The van der Waals surface area contributed by atoms with Gasteiger partial charge in [-0.1, -0.05) is 24.3 Å². The first-order valence-corrected chi connectivity index (χ1v) is 3.92. The van der Waals surface area contributed by atoms with Crippen molar-refractivity contribution in [3.8, 4) is 0 Å². The summed E-state index contributed by atoms with van der Waals surface area (Å²) >= 11 is 0. The summed E-state index contributed by atoms with van der Waals surface area (Å²) in [7, 11) is 0. The van der Waals surface area contributed by atoms with E-state index in [-0.39, 0.29) is 0 Å². The second-order valence-electron chi connectivity index (χ2n) is 2.37. The van der Waals surface area contributed by atoms with Crippen molar-refractivity contribution in [2.24, 2.45) is 4.99 Å². The Morgan fingerprint density at radius 2 is 2.00 bits per heavy atom. The fourth-order valence-corrected chi connectivity index (χ4v) is 0.925.